The summed E-state index contributed by atoms with van der Waals surface area (Å²) >= 11 is 1.23. The first-order chi connectivity index (χ1) is 6.96. The molecule has 0 saturated carbocycles. The third-order valence-corrected chi connectivity index (χ3v) is 4.32. The molecule has 82 valence electrons. The van der Waals surface area contributed by atoms with E-state index in [4.69, 9.17) is 0 Å². The lowest BCUT2D eigenvalue weighted by Gasteiger charge is -2.06. The Morgan fingerprint density at radius 1 is 1.40 bits per heavy atom. The first-order valence-electron chi connectivity index (χ1n) is 4.65. The Morgan fingerprint density at radius 2 is 2.13 bits per heavy atom. The van der Waals surface area contributed by atoms with Crippen LogP contribution in [0.2, 0.25) is 0 Å². The standard InChI is InChI=1S/C9H11NO3S2/c1-15(12,13)5-8-10-6-3-2-4-7(11)9(6)14-8/h2-5H2,1H3. The largest absolute Gasteiger partial charge is 0.293 e. The number of fused-ring (bicyclic) bond motifs is 1. The van der Waals surface area contributed by atoms with Crippen molar-refractivity contribution in [2.24, 2.45) is 0 Å². The van der Waals surface area contributed by atoms with Gasteiger partial charge in [0, 0.05) is 12.7 Å². The minimum Gasteiger partial charge on any atom is -0.293 e. The van der Waals surface area contributed by atoms with Crippen molar-refractivity contribution in [2.75, 3.05) is 6.26 Å². The molecular formula is C9H11NO3S2. The lowest BCUT2D eigenvalue weighted by Crippen LogP contribution is -2.07. The van der Waals surface area contributed by atoms with Gasteiger partial charge in [0.1, 0.15) is 10.8 Å². The van der Waals surface area contributed by atoms with Crippen molar-refractivity contribution in [1.29, 1.82) is 0 Å². The lowest BCUT2D eigenvalue weighted by atomic mass is 10.0. The van der Waals surface area contributed by atoms with E-state index in [1.807, 2.05) is 0 Å². The van der Waals surface area contributed by atoms with Gasteiger partial charge in [-0.15, -0.1) is 11.3 Å². The first kappa shape index (κ1) is 10.8. The van der Waals surface area contributed by atoms with Crippen LogP contribution in [0.5, 0.6) is 0 Å². The second kappa shape index (κ2) is 3.68. The minimum absolute atomic E-state index is 0.0576. The maximum atomic E-state index is 11.5. The number of thiazole rings is 1. The first-order valence-corrected chi connectivity index (χ1v) is 7.53. The van der Waals surface area contributed by atoms with Crippen molar-refractivity contribution in [3.8, 4) is 0 Å². The number of Topliss-reactive ketones (excluding diaryl/α,β-unsaturated/α-hetero) is 1. The van der Waals surface area contributed by atoms with E-state index in [1.165, 1.54) is 17.6 Å². The van der Waals surface area contributed by atoms with Gasteiger partial charge >= 0.3 is 0 Å². The summed E-state index contributed by atoms with van der Waals surface area (Å²) in [5.74, 6) is 0.0475. The number of aryl methyl sites for hydroxylation is 1. The van der Waals surface area contributed by atoms with Crippen LogP contribution < -0.4 is 0 Å². The molecule has 0 amide bonds. The van der Waals surface area contributed by atoms with Crippen LogP contribution in [0.25, 0.3) is 0 Å². The molecule has 1 heterocycles. The van der Waals surface area contributed by atoms with Gasteiger partial charge in [-0.3, -0.25) is 4.79 Å². The molecule has 1 aliphatic rings. The van der Waals surface area contributed by atoms with Crippen LogP contribution in [0, 0.1) is 0 Å². The van der Waals surface area contributed by atoms with Crippen molar-refractivity contribution < 1.29 is 13.2 Å². The van der Waals surface area contributed by atoms with Crippen molar-refractivity contribution in [3.05, 3.63) is 15.6 Å². The monoisotopic (exact) mass is 245 g/mol. The van der Waals surface area contributed by atoms with Gasteiger partial charge in [-0.05, 0) is 12.8 Å². The molecule has 4 nitrogen and oxygen atoms in total. The number of nitrogens with zero attached hydrogens (tertiary/aromatic N) is 1. The molecule has 0 aliphatic heterocycles. The number of carbonyl (C=O) groups excluding carboxylic acids is 1. The van der Waals surface area contributed by atoms with Crippen LogP contribution in [0.15, 0.2) is 0 Å². The molecule has 0 fully saturated rings. The molecule has 15 heavy (non-hydrogen) atoms. The highest BCUT2D eigenvalue weighted by molar-refractivity contribution is 7.90. The van der Waals surface area contributed by atoms with Gasteiger partial charge in [-0.25, -0.2) is 13.4 Å². The van der Waals surface area contributed by atoms with Crippen molar-refractivity contribution in [2.45, 2.75) is 25.0 Å². The summed E-state index contributed by atoms with van der Waals surface area (Å²) in [5, 5.41) is 0.540. The van der Waals surface area contributed by atoms with E-state index in [1.54, 1.807) is 0 Å². The highest BCUT2D eigenvalue weighted by Crippen LogP contribution is 2.27. The van der Waals surface area contributed by atoms with Crippen molar-refractivity contribution in [1.82, 2.24) is 4.98 Å². The second-order valence-electron chi connectivity index (χ2n) is 3.73. The summed E-state index contributed by atoms with van der Waals surface area (Å²) in [4.78, 5) is 16.4. The van der Waals surface area contributed by atoms with E-state index in [9.17, 15) is 13.2 Å². The molecule has 2 rings (SSSR count). The molecule has 0 spiro atoms. The van der Waals surface area contributed by atoms with E-state index in [2.05, 4.69) is 4.98 Å². The highest BCUT2D eigenvalue weighted by atomic mass is 32.2. The van der Waals surface area contributed by atoms with Gasteiger partial charge in [-0.2, -0.15) is 0 Å². The molecule has 0 atom stereocenters. The average Bonchev–Trinajstić information content (AvgIpc) is 2.45. The Bertz CT molecular complexity index is 501. The topological polar surface area (TPSA) is 64.1 Å². The lowest BCUT2D eigenvalue weighted by molar-refractivity contribution is 0.0976. The van der Waals surface area contributed by atoms with Gasteiger partial charge < -0.3 is 0 Å². The van der Waals surface area contributed by atoms with Crippen LogP contribution >= 0.6 is 11.3 Å². The molecule has 0 radical (unpaired) electrons. The summed E-state index contributed by atoms with van der Waals surface area (Å²) in [6.07, 6.45) is 3.36. The molecule has 0 unspecified atom stereocenters. The highest BCUT2D eigenvalue weighted by Gasteiger charge is 2.23. The third kappa shape index (κ3) is 2.43. The normalized spacial score (nSPS) is 16.5. The Balaban J connectivity index is 2.34. The van der Waals surface area contributed by atoms with Crippen LogP contribution in [-0.4, -0.2) is 25.4 Å². The molecule has 1 aliphatic carbocycles. The second-order valence-corrected chi connectivity index (χ2v) is 6.95. The number of hydrogen-bond acceptors (Lipinski definition) is 5. The molecular weight excluding hydrogens is 234 g/mol. The zero-order valence-electron chi connectivity index (χ0n) is 8.32. The predicted octanol–water partition coefficient (Wildman–Crippen LogP) is 1.21. The zero-order chi connectivity index (χ0) is 11.1. The Morgan fingerprint density at radius 3 is 2.73 bits per heavy atom. The predicted molar refractivity (Wildman–Crippen MR) is 57.9 cm³/mol. The van der Waals surface area contributed by atoms with Gasteiger partial charge in [0.15, 0.2) is 15.6 Å². The van der Waals surface area contributed by atoms with Crippen molar-refractivity contribution >= 4 is 27.0 Å². The SMILES string of the molecule is CS(=O)(=O)Cc1nc2c(s1)C(=O)CCC2. The molecule has 0 aromatic carbocycles. The summed E-state index contributed by atoms with van der Waals surface area (Å²) in [6, 6.07) is 0. The number of rotatable bonds is 2. The number of carbonyl (C=O) groups is 1. The Labute approximate surface area is 92.3 Å². The number of sulfone groups is 1. The smallest absolute Gasteiger partial charge is 0.174 e. The van der Waals surface area contributed by atoms with E-state index < -0.39 is 9.84 Å². The number of hydrogen-bond donors (Lipinski definition) is 0. The maximum absolute atomic E-state index is 11.5. The fourth-order valence-corrected chi connectivity index (χ4v) is 3.87. The van der Waals surface area contributed by atoms with Crippen LogP contribution in [0.3, 0.4) is 0 Å². The van der Waals surface area contributed by atoms with Gasteiger partial charge in [0.25, 0.3) is 0 Å². The van der Waals surface area contributed by atoms with Crippen LogP contribution in [0.1, 0.15) is 33.2 Å². The van der Waals surface area contributed by atoms with Crippen molar-refractivity contribution in [3.63, 3.8) is 0 Å². The minimum atomic E-state index is -3.06. The molecule has 1 aromatic rings. The molecule has 0 N–H and O–H groups in total. The van der Waals surface area contributed by atoms with E-state index in [-0.39, 0.29) is 11.5 Å². The van der Waals surface area contributed by atoms with Crippen LogP contribution in [0.4, 0.5) is 0 Å². The third-order valence-electron chi connectivity index (χ3n) is 2.20. The van der Waals surface area contributed by atoms with Gasteiger partial charge in [0.05, 0.1) is 10.6 Å². The number of ketones is 1. The fourth-order valence-electron chi connectivity index (χ4n) is 1.60. The Kier molecular flexibility index (Phi) is 2.64. The Hall–Kier alpha value is -0.750. The van der Waals surface area contributed by atoms with Gasteiger partial charge in [0.2, 0.25) is 0 Å². The quantitative estimate of drug-likeness (QED) is 0.785. The average molecular weight is 245 g/mol. The molecule has 6 heteroatoms. The summed E-state index contributed by atoms with van der Waals surface area (Å²) < 4.78 is 22.2. The maximum Gasteiger partial charge on any atom is 0.174 e. The molecule has 1 aromatic heterocycles. The summed E-state index contributed by atoms with van der Waals surface area (Å²) in [6.45, 7) is 0. The van der Waals surface area contributed by atoms with E-state index in [0.717, 1.165) is 18.5 Å². The summed E-state index contributed by atoms with van der Waals surface area (Å²) in [5.41, 5.74) is 0.787. The van der Waals surface area contributed by atoms with Gasteiger partial charge in [-0.1, -0.05) is 0 Å². The fraction of sp³-hybridized carbons (Fsp3) is 0.556. The summed E-state index contributed by atoms with van der Waals surface area (Å²) in [7, 11) is -3.06. The molecule has 0 saturated heterocycles. The van der Waals surface area contributed by atoms with E-state index in [0.29, 0.717) is 16.3 Å². The van der Waals surface area contributed by atoms with E-state index >= 15 is 0 Å². The molecule has 0 bridgehead atoms. The zero-order valence-corrected chi connectivity index (χ0v) is 9.95. The number of aromatic nitrogens is 1. The van der Waals surface area contributed by atoms with Crippen LogP contribution in [-0.2, 0) is 22.0 Å².